The molecular weight excluding hydrogens is 338 g/mol. The maximum Gasteiger partial charge on any atom is 0.220 e. The van der Waals surface area contributed by atoms with E-state index >= 15 is 0 Å². The Hall–Kier alpha value is -3.22. The minimum atomic E-state index is 0.264. The summed E-state index contributed by atoms with van der Waals surface area (Å²) in [5.41, 5.74) is 18.5. The molecule has 1 aromatic carbocycles. The molecule has 1 aliphatic heterocycles. The van der Waals surface area contributed by atoms with Crippen LogP contribution in [0.15, 0.2) is 40.5 Å². The van der Waals surface area contributed by atoms with Gasteiger partial charge < -0.3 is 11.5 Å². The Morgan fingerprint density at radius 2 is 2.00 bits per heavy atom. The molecule has 7 nitrogen and oxygen atoms in total. The van der Waals surface area contributed by atoms with E-state index in [4.69, 9.17) is 11.5 Å². The number of allylic oxidation sites excluding steroid dienone is 1. The summed E-state index contributed by atoms with van der Waals surface area (Å²) in [6, 6.07) is 6.00. The zero-order valence-electron chi connectivity index (χ0n) is 15.4. The fourth-order valence-electron chi connectivity index (χ4n) is 3.56. The Morgan fingerprint density at radius 1 is 1.15 bits per heavy atom. The van der Waals surface area contributed by atoms with Crippen LogP contribution in [0.5, 0.6) is 0 Å². The van der Waals surface area contributed by atoms with Crippen LogP contribution in [0.3, 0.4) is 0 Å². The molecule has 138 valence electrons. The van der Waals surface area contributed by atoms with Gasteiger partial charge in [-0.2, -0.15) is 5.10 Å². The molecule has 0 amide bonds. The summed E-state index contributed by atoms with van der Waals surface area (Å²) in [6.07, 6.45) is 7.87. The number of unbranched alkanes of at least 4 members (excludes halogenated alkanes) is 1. The molecule has 3 heterocycles. The smallest absolute Gasteiger partial charge is 0.220 e. The predicted molar refractivity (Wildman–Crippen MR) is 110 cm³/mol. The number of hydrogen-bond donors (Lipinski definition) is 3. The lowest BCUT2D eigenvalue weighted by atomic mass is 9.97. The van der Waals surface area contributed by atoms with Gasteiger partial charge in [-0.15, -0.1) is 0 Å². The van der Waals surface area contributed by atoms with Gasteiger partial charge in [-0.25, -0.2) is 9.97 Å². The van der Waals surface area contributed by atoms with Crippen LogP contribution in [0.1, 0.15) is 31.7 Å². The molecule has 2 aromatic heterocycles. The second kappa shape index (κ2) is 7.19. The van der Waals surface area contributed by atoms with E-state index < -0.39 is 0 Å². The van der Waals surface area contributed by atoms with Gasteiger partial charge in [0.25, 0.3) is 0 Å². The van der Waals surface area contributed by atoms with Crippen LogP contribution >= 0.6 is 0 Å². The minimum Gasteiger partial charge on any atom is -0.382 e. The highest BCUT2D eigenvalue weighted by Crippen LogP contribution is 2.30. The number of fused-ring (bicyclic) bond motifs is 1. The van der Waals surface area contributed by atoms with Crippen molar-refractivity contribution < 1.29 is 0 Å². The number of nitrogens with zero attached hydrogens (tertiary/aromatic N) is 4. The lowest BCUT2D eigenvalue weighted by molar-refractivity contribution is 0.741. The fourth-order valence-corrected chi connectivity index (χ4v) is 3.56. The number of aromatic nitrogens is 4. The maximum atomic E-state index is 6.10. The summed E-state index contributed by atoms with van der Waals surface area (Å²) in [7, 11) is 0. The molecule has 0 atom stereocenters. The molecule has 0 spiro atoms. The van der Waals surface area contributed by atoms with Crippen molar-refractivity contribution in [2.75, 3.05) is 18.0 Å². The number of aliphatic imine (C=N–C) groups is 1. The highest BCUT2D eigenvalue weighted by atomic mass is 15.1. The number of benzene rings is 1. The number of aryl methyl sites for hydroxylation is 1. The van der Waals surface area contributed by atoms with Gasteiger partial charge >= 0.3 is 0 Å². The molecule has 0 saturated carbocycles. The van der Waals surface area contributed by atoms with E-state index in [-0.39, 0.29) is 5.95 Å². The van der Waals surface area contributed by atoms with E-state index in [1.807, 2.05) is 18.3 Å². The van der Waals surface area contributed by atoms with Crippen molar-refractivity contribution in [2.45, 2.75) is 32.6 Å². The quantitative estimate of drug-likeness (QED) is 0.582. The molecular formula is C20H23N7. The molecule has 0 bridgehead atoms. The molecule has 5 N–H and O–H groups in total. The number of aromatic amines is 1. The Labute approximate surface area is 157 Å². The van der Waals surface area contributed by atoms with Crippen molar-refractivity contribution in [1.29, 1.82) is 0 Å². The lowest BCUT2D eigenvalue weighted by Gasteiger charge is -2.09. The first-order valence-corrected chi connectivity index (χ1v) is 9.15. The van der Waals surface area contributed by atoms with Crippen LogP contribution in [0.25, 0.3) is 22.2 Å². The number of H-pyrrole nitrogens is 1. The van der Waals surface area contributed by atoms with Crippen LogP contribution in [-0.2, 0) is 6.42 Å². The molecule has 7 heteroatoms. The molecule has 0 aliphatic carbocycles. The van der Waals surface area contributed by atoms with E-state index in [1.165, 1.54) is 16.7 Å². The Morgan fingerprint density at radius 3 is 2.78 bits per heavy atom. The van der Waals surface area contributed by atoms with Crippen LogP contribution in [0.4, 0.5) is 11.8 Å². The predicted octanol–water partition coefficient (Wildman–Crippen LogP) is 3.30. The third kappa shape index (κ3) is 3.53. The maximum absolute atomic E-state index is 6.10. The van der Waals surface area contributed by atoms with Crippen LogP contribution in [0.2, 0.25) is 0 Å². The summed E-state index contributed by atoms with van der Waals surface area (Å²) in [5, 5.41) is 8.20. The summed E-state index contributed by atoms with van der Waals surface area (Å²) >= 11 is 0. The number of rotatable bonds is 6. The first-order valence-electron chi connectivity index (χ1n) is 9.15. The summed E-state index contributed by atoms with van der Waals surface area (Å²) in [6.45, 7) is 3.01. The summed E-state index contributed by atoms with van der Waals surface area (Å²) in [5.74, 6) is 0.801. The number of nitrogens with two attached hydrogens (primary N) is 2. The zero-order valence-corrected chi connectivity index (χ0v) is 15.4. The van der Waals surface area contributed by atoms with E-state index in [9.17, 15) is 0 Å². The van der Waals surface area contributed by atoms with Crippen molar-refractivity contribution in [1.82, 2.24) is 20.2 Å². The number of nitrogen functional groups attached to an aromatic ring is 2. The third-order valence-corrected chi connectivity index (χ3v) is 5.01. The normalized spacial score (nSPS) is 13.8. The largest absolute Gasteiger partial charge is 0.382 e. The van der Waals surface area contributed by atoms with E-state index in [1.54, 1.807) is 6.20 Å². The van der Waals surface area contributed by atoms with Crippen molar-refractivity contribution in [3.63, 3.8) is 0 Å². The van der Waals surface area contributed by atoms with Crippen LogP contribution < -0.4 is 11.5 Å². The second-order valence-corrected chi connectivity index (χ2v) is 6.95. The van der Waals surface area contributed by atoms with Gasteiger partial charge in [-0.1, -0.05) is 0 Å². The van der Waals surface area contributed by atoms with Crippen molar-refractivity contribution >= 4 is 28.9 Å². The summed E-state index contributed by atoms with van der Waals surface area (Å²) in [4.78, 5) is 12.6. The van der Waals surface area contributed by atoms with Crippen molar-refractivity contribution in [2.24, 2.45) is 4.99 Å². The SMILES string of the molecule is CC1=C(CCCCc2cc(-c3ccnc(N)n3)cc3[nH]nc(N)c23)C=NC1. The molecule has 0 saturated heterocycles. The average Bonchev–Trinajstić information content (AvgIpc) is 3.24. The van der Waals surface area contributed by atoms with E-state index in [0.29, 0.717) is 5.82 Å². The summed E-state index contributed by atoms with van der Waals surface area (Å²) < 4.78 is 0. The van der Waals surface area contributed by atoms with Gasteiger partial charge in [0, 0.05) is 23.4 Å². The average molecular weight is 361 g/mol. The standard InChI is InChI=1S/C20H23N7/c1-12-10-23-11-14(12)5-3-2-4-13-8-15(16-6-7-24-20(22)25-16)9-17-18(13)19(21)27-26-17/h6-9,11H,2-5,10H2,1H3,(H3,21,26,27)(H2,22,24,25). The number of anilines is 2. The molecule has 0 unspecified atom stereocenters. The fraction of sp³-hybridized carbons (Fsp3) is 0.300. The van der Waals surface area contributed by atoms with Crippen molar-refractivity contribution in [3.05, 3.63) is 41.1 Å². The van der Waals surface area contributed by atoms with Gasteiger partial charge in [0.15, 0.2) is 5.82 Å². The third-order valence-electron chi connectivity index (χ3n) is 5.01. The van der Waals surface area contributed by atoms with Gasteiger partial charge in [-0.05, 0) is 67.5 Å². The molecule has 4 rings (SSSR count). The number of hydrogen-bond acceptors (Lipinski definition) is 6. The van der Waals surface area contributed by atoms with E-state index in [0.717, 1.165) is 54.4 Å². The van der Waals surface area contributed by atoms with Gasteiger partial charge in [-0.3, -0.25) is 10.1 Å². The molecule has 1 aliphatic rings. The van der Waals surface area contributed by atoms with Crippen molar-refractivity contribution in [3.8, 4) is 11.3 Å². The second-order valence-electron chi connectivity index (χ2n) is 6.95. The highest BCUT2D eigenvalue weighted by Gasteiger charge is 2.13. The zero-order chi connectivity index (χ0) is 18.8. The molecule has 0 radical (unpaired) electrons. The molecule has 0 fully saturated rings. The van der Waals surface area contributed by atoms with Gasteiger partial charge in [0.2, 0.25) is 5.95 Å². The Kier molecular flexibility index (Phi) is 4.58. The van der Waals surface area contributed by atoms with Gasteiger partial charge in [0.1, 0.15) is 0 Å². The van der Waals surface area contributed by atoms with E-state index in [2.05, 4.69) is 38.1 Å². The first-order chi connectivity index (χ1) is 13.1. The van der Waals surface area contributed by atoms with Crippen LogP contribution in [-0.4, -0.2) is 32.9 Å². The number of nitrogens with one attached hydrogen (secondary N) is 1. The highest BCUT2D eigenvalue weighted by molar-refractivity contribution is 5.94. The molecule has 3 aromatic rings. The Bertz CT molecular complexity index is 1050. The minimum absolute atomic E-state index is 0.264. The molecule has 27 heavy (non-hydrogen) atoms. The van der Waals surface area contributed by atoms with Crippen LogP contribution in [0, 0.1) is 0 Å². The first kappa shape index (κ1) is 17.2. The topological polar surface area (TPSA) is 119 Å². The van der Waals surface area contributed by atoms with Gasteiger partial charge in [0.05, 0.1) is 17.8 Å². The monoisotopic (exact) mass is 361 g/mol. The lowest BCUT2D eigenvalue weighted by Crippen LogP contribution is -1.97. The Balaban J connectivity index is 1.58.